The van der Waals surface area contributed by atoms with Gasteiger partial charge in [0.15, 0.2) is 5.96 Å². The fraction of sp³-hybridized carbons (Fsp3) is 0.900. The quantitative estimate of drug-likeness (QED) is 0.538. The number of aliphatic imine (C=N–C) groups is 1. The van der Waals surface area contributed by atoms with Crippen LogP contribution in [0.25, 0.3) is 0 Å². The zero-order valence-electron chi connectivity index (χ0n) is 9.59. The lowest BCUT2D eigenvalue weighted by molar-refractivity contribution is 0.231. The van der Waals surface area contributed by atoms with Crippen LogP contribution >= 0.6 is 0 Å². The number of hydrogen-bond donors (Lipinski definition) is 1. The highest BCUT2D eigenvalue weighted by molar-refractivity contribution is 5.78. The van der Waals surface area contributed by atoms with E-state index in [9.17, 15) is 0 Å². The molecule has 0 atom stereocenters. The maximum Gasteiger partial charge on any atom is 0.191 e. The van der Waals surface area contributed by atoms with Crippen molar-refractivity contribution in [1.82, 2.24) is 4.90 Å². The minimum absolute atomic E-state index is 0.0682. The standard InChI is InChI=1S/C10H23N3/c1-6-7-8-13(9(11)12-5)10(2,3)4/h6-8H2,1-5H3,(H2,11,12). The van der Waals surface area contributed by atoms with Crippen LogP contribution in [0.15, 0.2) is 4.99 Å². The van der Waals surface area contributed by atoms with Crippen LogP contribution in [0.2, 0.25) is 0 Å². The summed E-state index contributed by atoms with van der Waals surface area (Å²) < 4.78 is 0. The highest BCUT2D eigenvalue weighted by Gasteiger charge is 2.21. The average Bonchev–Trinajstić information content (AvgIpc) is 2.02. The summed E-state index contributed by atoms with van der Waals surface area (Å²) in [5.74, 6) is 0.640. The van der Waals surface area contributed by atoms with Gasteiger partial charge < -0.3 is 10.6 Å². The van der Waals surface area contributed by atoms with Gasteiger partial charge in [-0.1, -0.05) is 13.3 Å². The van der Waals surface area contributed by atoms with E-state index in [1.807, 2.05) is 0 Å². The lowest BCUT2D eigenvalue weighted by Crippen LogP contribution is -2.49. The van der Waals surface area contributed by atoms with Gasteiger partial charge in [0.25, 0.3) is 0 Å². The molecule has 0 aliphatic carbocycles. The third-order valence-corrected chi connectivity index (χ3v) is 2.05. The second-order valence-electron chi connectivity index (χ2n) is 4.26. The lowest BCUT2D eigenvalue weighted by atomic mass is 10.1. The molecular weight excluding hydrogens is 162 g/mol. The molecule has 0 aliphatic rings. The summed E-state index contributed by atoms with van der Waals surface area (Å²) in [5.41, 5.74) is 5.89. The number of rotatable bonds is 3. The molecule has 0 aromatic rings. The smallest absolute Gasteiger partial charge is 0.191 e. The summed E-state index contributed by atoms with van der Waals surface area (Å²) in [5, 5.41) is 0. The average molecular weight is 185 g/mol. The topological polar surface area (TPSA) is 41.6 Å². The van der Waals surface area contributed by atoms with E-state index in [-0.39, 0.29) is 5.54 Å². The summed E-state index contributed by atoms with van der Waals surface area (Å²) in [6, 6.07) is 0. The van der Waals surface area contributed by atoms with Crippen LogP contribution < -0.4 is 5.73 Å². The number of hydrogen-bond acceptors (Lipinski definition) is 1. The highest BCUT2D eigenvalue weighted by atomic mass is 15.3. The van der Waals surface area contributed by atoms with Crippen LogP contribution in [0.5, 0.6) is 0 Å². The Morgan fingerprint density at radius 3 is 2.23 bits per heavy atom. The van der Waals surface area contributed by atoms with E-state index in [0.29, 0.717) is 5.96 Å². The molecule has 0 heterocycles. The number of nitrogens with zero attached hydrogens (tertiary/aromatic N) is 2. The zero-order chi connectivity index (χ0) is 10.5. The predicted octanol–water partition coefficient (Wildman–Crippen LogP) is 1.83. The van der Waals surface area contributed by atoms with Crippen molar-refractivity contribution in [3.05, 3.63) is 0 Å². The van der Waals surface area contributed by atoms with Gasteiger partial charge in [-0.15, -0.1) is 0 Å². The fourth-order valence-electron chi connectivity index (χ4n) is 1.23. The van der Waals surface area contributed by atoms with Crippen molar-refractivity contribution in [2.45, 2.75) is 46.1 Å². The van der Waals surface area contributed by atoms with Gasteiger partial charge in [0.2, 0.25) is 0 Å². The molecule has 0 amide bonds. The van der Waals surface area contributed by atoms with Crippen LogP contribution in [-0.2, 0) is 0 Å². The second kappa shape index (κ2) is 5.10. The van der Waals surface area contributed by atoms with Crippen molar-refractivity contribution in [3.8, 4) is 0 Å². The molecule has 0 radical (unpaired) electrons. The van der Waals surface area contributed by atoms with Crippen molar-refractivity contribution < 1.29 is 0 Å². The van der Waals surface area contributed by atoms with E-state index in [2.05, 4.69) is 37.6 Å². The molecule has 0 rings (SSSR count). The largest absolute Gasteiger partial charge is 0.370 e. The molecule has 78 valence electrons. The van der Waals surface area contributed by atoms with Gasteiger partial charge in [-0.05, 0) is 27.2 Å². The number of nitrogens with two attached hydrogens (primary N) is 1. The third kappa shape index (κ3) is 4.15. The van der Waals surface area contributed by atoms with Crippen LogP contribution in [0.1, 0.15) is 40.5 Å². The van der Waals surface area contributed by atoms with E-state index in [0.717, 1.165) is 13.0 Å². The highest BCUT2D eigenvalue weighted by Crippen LogP contribution is 2.13. The number of guanidine groups is 1. The van der Waals surface area contributed by atoms with E-state index in [4.69, 9.17) is 5.73 Å². The molecule has 0 saturated heterocycles. The first-order valence-electron chi connectivity index (χ1n) is 4.93. The van der Waals surface area contributed by atoms with E-state index in [1.54, 1.807) is 7.05 Å². The van der Waals surface area contributed by atoms with Gasteiger partial charge in [-0.25, -0.2) is 0 Å². The minimum atomic E-state index is 0.0682. The van der Waals surface area contributed by atoms with E-state index < -0.39 is 0 Å². The van der Waals surface area contributed by atoms with Gasteiger partial charge in [0, 0.05) is 19.1 Å². The Morgan fingerprint density at radius 2 is 1.92 bits per heavy atom. The molecule has 0 aromatic heterocycles. The zero-order valence-corrected chi connectivity index (χ0v) is 9.59. The Bertz CT molecular complexity index is 167. The molecule has 0 unspecified atom stereocenters. The minimum Gasteiger partial charge on any atom is -0.370 e. The van der Waals surface area contributed by atoms with Crippen molar-refractivity contribution in [3.63, 3.8) is 0 Å². The monoisotopic (exact) mass is 185 g/mol. The summed E-state index contributed by atoms with van der Waals surface area (Å²) in [6.45, 7) is 9.63. The Morgan fingerprint density at radius 1 is 1.38 bits per heavy atom. The SMILES string of the molecule is CCCCN(C(N)=NC)C(C)(C)C. The van der Waals surface area contributed by atoms with Gasteiger partial charge in [0.05, 0.1) is 0 Å². The molecule has 3 heteroatoms. The van der Waals surface area contributed by atoms with Crippen LogP contribution in [0.3, 0.4) is 0 Å². The molecule has 3 nitrogen and oxygen atoms in total. The first-order chi connectivity index (χ1) is 5.93. The van der Waals surface area contributed by atoms with E-state index in [1.165, 1.54) is 6.42 Å². The third-order valence-electron chi connectivity index (χ3n) is 2.05. The van der Waals surface area contributed by atoms with Gasteiger partial charge >= 0.3 is 0 Å². The van der Waals surface area contributed by atoms with Crippen LogP contribution in [-0.4, -0.2) is 30.0 Å². The Balaban J connectivity index is 4.38. The molecular formula is C10H23N3. The first kappa shape index (κ1) is 12.3. The first-order valence-corrected chi connectivity index (χ1v) is 4.93. The molecule has 0 spiro atoms. The molecule has 0 bridgehead atoms. The normalized spacial score (nSPS) is 13.2. The summed E-state index contributed by atoms with van der Waals surface area (Å²) in [7, 11) is 1.74. The van der Waals surface area contributed by atoms with Gasteiger partial charge in [0.1, 0.15) is 0 Å². The van der Waals surface area contributed by atoms with Crippen molar-refractivity contribution in [2.75, 3.05) is 13.6 Å². The van der Waals surface area contributed by atoms with Crippen LogP contribution in [0, 0.1) is 0 Å². The van der Waals surface area contributed by atoms with Gasteiger partial charge in [-0.3, -0.25) is 4.99 Å². The Labute approximate surface area is 82.0 Å². The molecule has 2 N–H and O–H groups in total. The Kier molecular flexibility index (Phi) is 4.81. The van der Waals surface area contributed by atoms with Gasteiger partial charge in [-0.2, -0.15) is 0 Å². The van der Waals surface area contributed by atoms with Crippen LogP contribution in [0.4, 0.5) is 0 Å². The molecule has 0 saturated carbocycles. The Hall–Kier alpha value is -0.730. The fourth-order valence-corrected chi connectivity index (χ4v) is 1.23. The second-order valence-corrected chi connectivity index (χ2v) is 4.26. The predicted molar refractivity (Wildman–Crippen MR) is 58.9 cm³/mol. The van der Waals surface area contributed by atoms with E-state index >= 15 is 0 Å². The van der Waals surface area contributed by atoms with Crippen molar-refractivity contribution in [1.29, 1.82) is 0 Å². The lowest BCUT2D eigenvalue weighted by Gasteiger charge is -2.36. The molecule has 0 aliphatic heterocycles. The number of unbranched alkanes of at least 4 members (excludes halogenated alkanes) is 1. The summed E-state index contributed by atoms with van der Waals surface area (Å²) in [4.78, 5) is 6.18. The van der Waals surface area contributed by atoms with Crippen molar-refractivity contribution in [2.24, 2.45) is 10.7 Å². The summed E-state index contributed by atoms with van der Waals surface area (Å²) in [6.07, 6.45) is 2.34. The van der Waals surface area contributed by atoms with Crippen molar-refractivity contribution >= 4 is 5.96 Å². The molecule has 0 fully saturated rings. The molecule has 13 heavy (non-hydrogen) atoms. The maximum absolute atomic E-state index is 5.82. The maximum atomic E-state index is 5.82. The summed E-state index contributed by atoms with van der Waals surface area (Å²) >= 11 is 0. The molecule has 0 aromatic carbocycles.